The zero-order chi connectivity index (χ0) is 29.4. The van der Waals surface area contributed by atoms with Gasteiger partial charge in [0.1, 0.15) is 17.6 Å². The number of aromatic nitrogens is 1. The van der Waals surface area contributed by atoms with Crippen molar-refractivity contribution in [1.29, 1.82) is 0 Å². The van der Waals surface area contributed by atoms with E-state index in [1.165, 1.54) is 47.4 Å². The third-order valence-electron chi connectivity index (χ3n) is 7.00. The lowest BCUT2D eigenvalue weighted by Crippen LogP contribution is -2.55. The van der Waals surface area contributed by atoms with E-state index in [0.717, 1.165) is 11.0 Å². The summed E-state index contributed by atoms with van der Waals surface area (Å²) in [7, 11) is -2.97. The molecule has 0 N–H and O–H groups in total. The molecular weight excluding hydrogens is 563 g/mol. The molecule has 14 heteroatoms. The maximum atomic E-state index is 13.8. The highest BCUT2D eigenvalue weighted by Crippen LogP contribution is 2.36. The van der Waals surface area contributed by atoms with Gasteiger partial charge in [0.25, 0.3) is 10.0 Å². The van der Waals surface area contributed by atoms with Crippen LogP contribution in [-0.4, -0.2) is 80.4 Å². The summed E-state index contributed by atoms with van der Waals surface area (Å²) >= 11 is 0. The van der Waals surface area contributed by atoms with Gasteiger partial charge < -0.3 is 14.5 Å². The third-order valence-corrected chi connectivity index (χ3v) is 8.74. The normalized spacial score (nSPS) is 18.1. The van der Waals surface area contributed by atoms with Crippen LogP contribution in [0.4, 0.5) is 29.5 Å². The maximum absolute atomic E-state index is 13.8. The highest BCUT2D eigenvalue weighted by atomic mass is 32.2. The minimum atomic E-state index is -4.59. The van der Waals surface area contributed by atoms with Crippen LogP contribution in [0.1, 0.15) is 5.56 Å². The summed E-state index contributed by atoms with van der Waals surface area (Å²) < 4.78 is 73.4. The molecule has 3 amide bonds. The highest BCUT2D eigenvalue weighted by Gasteiger charge is 2.49. The number of para-hydroxylation sites is 1. The summed E-state index contributed by atoms with van der Waals surface area (Å²) in [4.78, 5) is 35.2. The Balaban J connectivity index is 1.40. The molecule has 41 heavy (non-hydrogen) atoms. The van der Waals surface area contributed by atoms with Crippen LogP contribution in [0, 0.1) is 0 Å². The van der Waals surface area contributed by atoms with Gasteiger partial charge in [0.05, 0.1) is 24.1 Å². The highest BCUT2D eigenvalue weighted by molar-refractivity contribution is 7.89. The number of pyridine rings is 1. The Bertz CT molecular complexity index is 1550. The zero-order valence-corrected chi connectivity index (χ0v) is 22.7. The van der Waals surface area contributed by atoms with E-state index in [1.807, 2.05) is 0 Å². The number of carbonyl (C=O) groups is 2. The van der Waals surface area contributed by atoms with Gasteiger partial charge in [0.15, 0.2) is 0 Å². The molecule has 3 aromatic rings. The Labute approximate surface area is 234 Å². The molecule has 3 heterocycles. The predicted molar refractivity (Wildman–Crippen MR) is 143 cm³/mol. The van der Waals surface area contributed by atoms with Crippen LogP contribution >= 0.6 is 0 Å². The number of piperazine rings is 1. The van der Waals surface area contributed by atoms with E-state index >= 15 is 0 Å². The zero-order valence-electron chi connectivity index (χ0n) is 21.9. The number of sulfonamides is 1. The second-order valence-corrected chi connectivity index (χ2v) is 11.3. The lowest BCUT2D eigenvalue weighted by atomic mass is 10.1. The van der Waals surface area contributed by atoms with Crippen molar-refractivity contribution in [2.24, 2.45) is 0 Å². The Morgan fingerprint density at radius 1 is 0.976 bits per heavy atom. The molecule has 5 rings (SSSR count). The van der Waals surface area contributed by atoms with Crippen molar-refractivity contribution in [3.8, 4) is 5.75 Å². The lowest BCUT2D eigenvalue weighted by molar-refractivity contribution is -0.137. The van der Waals surface area contributed by atoms with Crippen LogP contribution in [0.15, 0.2) is 77.8 Å². The Hall–Kier alpha value is -4.33. The van der Waals surface area contributed by atoms with Gasteiger partial charge in [0, 0.05) is 44.1 Å². The number of methoxy groups -OCH3 is 1. The van der Waals surface area contributed by atoms with Crippen molar-refractivity contribution in [1.82, 2.24) is 14.2 Å². The first-order valence-electron chi connectivity index (χ1n) is 12.6. The molecule has 0 unspecified atom stereocenters. The van der Waals surface area contributed by atoms with Crippen LogP contribution in [0.2, 0.25) is 0 Å². The smallest absolute Gasteiger partial charge is 0.419 e. The molecule has 0 aliphatic carbocycles. The monoisotopic (exact) mass is 589 g/mol. The summed E-state index contributed by atoms with van der Waals surface area (Å²) in [6, 6.07) is 14.0. The Morgan fingerprint density at radius 3 is 2.34 bits per heavy atom. The van der Waals surface area contributed by atoms with Gasteiger partial charge >= 0.3 is 12.2 Å². The molecule has 2 aliphatic rings. The number of nitrogens with zero attached hydrogens (tertiary/aromatic N) is 5. The molecule has 216 valence electrons. The molecule has 2 saturated heterocycles. The molecule has 0 bridgehead atoms. The fraction of sp³-hybridized carbons (Fsp3) is 0.296. The van der Waals surface area contributed by atoms with Crippen LogP contribution in [0.3, 0.4) is 0 Å². The molecular formula is C27H26F3N5O5S. The van der Waals surface area contributed by atoms with Crippen molar-refractivity contribution < 1.29 is 35.9 Å². The topological polar surface area (TPSA) is 103 Å². The molecule has 2 fully saturated rings. The number of halogens is 3. The molecule has 0 spiro atoms. The number of rotatable bonds is 6. The van der Waals surface area contributed by atoms with Crippen molar-refractivity contribution in [3.63, 3.8) is 0 Å². The van der Waals surface area contributed by atoms with Gasteiger partial charge in [-0.05, 0) is 36.4 Å². The number of benzene rings is 2. The van der Waals surface area contributed by atoms with Crippen LogP contribution in [0.5, 0.6) is 5.75 Å². The van der Waals surface area contributed by atoms with Gasteiger partial charge in [-0.2, -0.15) is 13.2 Å². The van der Waals surface area contributed by atoms with Crippen LogP contribution in [0.25, 0.3) is 0 Å². The standard InChI is InChI=1S/C27H26F3N5O5S/c1-40-20-9-5-10-21(17-20)41(38,39)34-18-23(35(26(34)37)19-7-3-2-4-8-19)25(36)33-15-13-32(14-16-33)24-22(27(28,29)30)11-6-12-31-24/h2-12,17,23H,13-16,18H2,1H3/t23-/m0/s1. The van der Waals surface area contributed by atoms with Crippen molar-refractivity contribution >= 4 is 33.5 Å². The molecule has 1 aromatic heterocycles. The van der Waals surface area contributed by atoms with Gasteiger partial charge in [-0.25, -0.2) is 22.5 Å². The molecule has 1 atom stereocenters. The minimum absolute atomic E-state index is 0.0582. The second-order valence-electron chi connectivity index (χ2n) is 9.40. The minimum Gasteiger partial charge on any atom is -0.497 e. The SMILES string of the molecule is COc1cccc(S(=O)(=O)N2C[C@@H](C(=O)N3CCN(c4ncccc4C(F)(F)F)CC3)N(c3ccccc3)C2=O)c1. The summed E-state index contributed by atoms with van der Waals surface area (Å²) in [6.45, 7) is -0.177. The molecule has 2 aliphatic heterocycles. The first-order chi connectivity index (χ1) is 19.5. The first kappa shape index (κ1) is 28.2. The van der Waals surface area contributed by atoms with E-state index in [-0.39, 0.29) is 42.6 Å². The number of carbonyl (C=O) groups excluding carboxylic acids is 2. The van der Waals surface area contributed by atoms with Gasteiger partial charge in [-0.1, -0.05) is 24.3 Å². The van der Waals surface area contributed by atoms with Gasteiger partial charge in [-0.3, -0.25) is 9.69 Å². The van der Waals surface area contributed by atoms with Crippen LogP contribution < -0.4 is 14.5 Å². The average molecular weight is 590 g/mol. The van der Waals surface area contributed by atoms with E-state index in [9.17, 15) is 31.2 Å². The summed E-state index contributed by atoms with van der Waals surface area (Å²) in [5.41, 5.74) is -0.532. The molecule has 0 radical (unpaired) electrons. The number of urea groups is 1. The fourth-order valence-electron chi connectivity index (χ4n) is 4.95. The summed E-state index contributed by atoms with van der Waals surface area (Å²) in [5, 5.41) is 0. The van der Waals surface area contributed by atoms with E-state index < -0.39 is 46.3 Å². The van der Waals surface area contributed by atoms with Gasteiger partial charge in [0.2, 0.25) is 5.91 Å². The Morgan fingerprint density at radius 2 is 1.68 bits per heavy atom. The number of alkyl halides is 3. The predicted octanol–water partition coefficient (Wildman–Crippen LogP) is 3.46. The average Bonchev–Trinajstić information content (AvgIpc) is 3.34. The Kier molecular flexibility index (Phi) is 7.51. The number of ether oxygens (including phenoxy) is 1. The van der Waals surface area contributed by atoms with Crippen molar-refractivity contribution in [2.75, 3.05) is 49.6 Å². The first-order valence-corrected chi connectivity index (χ1v) is 14.1. The molecule has 0 saturated carbocycles. The molecule has 2 aromatic carbocycles. The quantitative estimate of drug-likeness (QED) is 0.434. The second kappa shape index (κ2) is 10.9. The lowest BCUT2D eigenvalue weighted by Gasteiger charge is -2.38. The third kappa shape index (κ3) is 5.38. The summed E-state index contributed by atoms with van der Waals surface area (Å²) in [5.74, 6) is -0.448. The number of hydrogen-bond donors (Lipinski definition) is 0. The molecule has 10 nitrogen and oxygen atoms in total. The van der Waals surface area contributed by atoms with E-state index in [0.29, 0.717) is 9.99 Å². The number of amides is 3. The summed E-state index contributed by atoms with van der Waals surface area (Å²) in [6.07, 6.45) is -3.31. The maximum Gasteiger partial charge on any atom is 0.419 e. The number of hydrogen-bond acceptors (Lipinski definition) is 7. The van der Waals surface area contributed by atoms with E-state index in [1.54, 1.807) is 36.4 Å². The van der Waals surface area contributed by atoms with E-state index in [2.05, 4.69) is 4.98 Å². The van der Waals surface area contributed by atoms with Crippen LogP contribution in [-0.2, 0) is 21.0 Å². The number of anilines is 2. The van der Waals surface area contributed by atoms with Gasteiger partial charge in [-0.15, -0.1) is 0 Å². The van der Waals surface area contributed by atoms with Crippen molar-refractivity contribution in [2.45, 2.75) is 17.1 Å². The fourth-order valence-corrected chi connectivity index (χ4v) is 6.35. The largest absolute Gasteiger partial charge is 0.497 e. The van der Waals surface area contributed by atoms with E-state index in [4.69, 9.17) is 4.74 Å². The van der Waals surface area contributed by atoms with Crippen molar-refractivity contribution in [3.05, 3.63) is 78.5 Å².